The Hall–Kier alpha value is -0.530. The molecule has 1 N–H and O–H groups in total. The number of alkyl halides is 1. The summed E-state index contributed by atoms with van der Waals surface area (Å²) < 4.78 is 0. The first kappa shape index (κ1) is 11.6. The Morgan fingerprint density at radius 2 is 2.12 bits per heavy atom. The van der Waals surface area contributed by atoms with Crippen molar-refractivity contribution in [2.75, 3.05) is 6.54 Å². The summed E-state index contributed by atoms with van der Waals surface area (Å²) in [4.78, 5) is 0. The highest BCUT2D eigenvalue weighted by molar-refractivity contribution is 6.21. The van der Waals surface area contributed by atoms with Crippen molar-refractivity contribution in [2.45, 2.75) is 44.0 Å². The molecule has 0 heterocycles. The number of hydrogen-bond donors (Lipinski definition) is 1. The Kier molecular flexibility index (Phi) is 2.72. The lowest BCUT2D eigenvalue weighted by atomic mass is 9.66. The molecule has 2 heteroatoms. The van der Waals surface area contributed by atoms with Crippen LogP contribution in [0.4, 0.5) is 0 Å². The smallest absolute Gasteiger partial charge is 0.0416 e. The molecule has 0 bridgehead atoms. The molecular formula is C15H20ClN. The van der Waals surface area contributed by atoms with Gasteiger partial charge in [0.15, 0.2) is 0 Å². The van der Waals surface area contributed by atoms with Gasteiger partial charge < -0.3 is 5.32 Å². The Labute approximate surface area is 109 Å². The molecule has 0 aromatic heterocycles. The summed E-state index contributed by atoms with van der Waals surface area (Å²) in [5.74, 6) is 0.719. The van der Waals surface area contributed by atoms with E-state index in [1.807, 2.05) is 0 Å². The van der Waals surface area contributed by atoms with Gasteiger partial charge in [0.25, 0.3) is 0 Å². The second-order valence-electron chi connectivity index (χ2n) is 6.09. The molecule has 3 rings (SSSR count). The molecule has 0 aliphatic heterocycles. The molecule has 3 atom stereocenters. The first-order valence-corrected chi connectivity index (χ1v) is 6.98. The van der Waals surface area contributed by atoms with Crippen LogP contribution in [0.2, 0.25) is 0 Å². The molecule has 17 heavy (non-hydrogen) atoms. The molecule has 1 fully saturated rings. The first-order valence-electron chi connectivity index (χ1n) is 6.54. The number of halogens is 1. The van der Waals surface area contributed by atoms with Crippen molar-refractivity contribution in [1.29, 1.82) is 0 Å². The van der Waals surface area contributed by atoms with E-state index in [1.54, 1.807) is 5.56 Å². The predicted octanol–water partition coefficient (Wildman–Crippen LogP) is 3.32. The van der Waals surface area contributed by atoms with Gasteiger partial charge in [-0.1, -0.05) is 38.1 Å². The van der Waals surface area contributed by atoms with Crippen LogP contribution in [-0.4, -0.2) is 18.0 Å². The van der Waals surface area contributed by atoms with Crippen molar-refractivity contribution in [3.8, 4) is 0 Å². The van der Waals surface area contributed by atoms with Crippen LogP contribution >= 0.6 is 11.6 Å². The van der Waals surface area contributed by atoms with Crippen molar-refractivity contribution >= 4 is 11.6 Å². The molecule has 0 amide bonds. The van der Waals surface area contributed by atoms with Gasteiger partial charge in [-0.25, -0.2) is 0 Å². The van der Waals surface area contributed by atoms with E-state index in [-0.39, 0.29) is 5.41 Å². The third-order valence-corrected chi connectivity index (χ3v) is 5.46. The number of rotatable bonds is 3. The average molecular weight is 250 g/mol. The molecule has 2 aliphatic carbocycles. The predicted molar refractivity (Wildman–Crippen MR) is 72.7 cm³/mol. The molecule has 1 aromatic carbocycles. The van der Waals surface area contributed by atoms with E-state index in [2.05, 4.69) is 43.4 Å². The van der Waals surface area contributed by atoms with Crippen LogP contribution in [0.1, 0.15) is 37.3 Å². The van der Waals surface area contributed by atoms with Crippen LogP contribution in [0.15, 0.2) is 24.3 Å². The van der Waals surface area contributed by atoms with E-state index in [4.69, 9.17) is 11.6 Å². The maximum Gasteiger partial charge on any atom is 0.0416 e. The summed E-state index contributed by atoms with van der Waals surface area (Å²) in [6, 6.07) is 9.38. The van der Waals surface area contributed by atoms with Crippen molar-refractivity contribution in [3.05, 3.63) is 35.4 Å². The summed E-state index contributed by atoms with van der Waals surface area (Å²) in [7, 11) is 0. The fraction of sp³-hybridized carbons (Fsp3) is 0.600. The van der Waals surface area contributed by atoms with Crippen molar-refractivity contribution in [2.24, 2.45) is 5.41 Å². The van der Waals surface area contributed by atoms with E-state index in [1.165, 1.54) is 12.0 Å². The summed E-state index contributed by atoms with van der Waals surface area (Å²) in [5, 5.41) is 4.04. The maximum atomic E-state index is 6.24. The second kappa shape index (κ2) is 4.00. The van der Waals surface area contributed by atoms with Gasteiger partial charge in [0, 0.05) is 23.9 Å². The standard InChI is InChI=1S/C15H20ClN/c1-15(2)13(16)8-14(15)17-9-11-7-10-5-3-4-6-12(10)11/h3-6,11,13-14,17H,7-9H2,1-2H3. The Balaban J connectivity index is 1.55. The maximum absolute atomic E-state index is 6.24. The molecule has 0 saturated heterocycles. The molecule has 1 nitrogen and oxygen atoms in total. The lowest BCUT2D eigenvalue weighted by Crippen LogP contribution is -2.58. The average Bonchev–Trinajstić information content (AvgIpc) is 2.29. The molecule has 1 aromatic rings. The lowest BCUT2D eigenvalue weighted by Gasteiger charge is -2.50. The van der Waals surface area contributed by atoms with Gasteiger partial charge in [-0.15, -0.1) is 11.6 Å². The topological polar surface area (TPSA) is 12.0 Å². The van der Waals surface area contributed by atoms with E-state index < -0.39 is 0 Å². The summed E-state index contributed by atoms with van der Waals surface area (Å²) in [6.45, 7) is 5.63. The van der Waals surface area contributed by atoms with E-state index >= 15 is 0 Å². The zero-order valence-corrected chi connectivity index (χ0v) is 11.3. The third-order valence-electron chi connectivity index (χ3n) is 4.72. The second-order valence-corrected chi connectivity index (χ2v) is 6.61. The SMILES string of the molecule is CC1(C)C(Cl)CC1NCC1Cc2ccccc21. The van der Waals surface area contributed by atoms with Crippen molar-refractivity contribution in [3.63, 3.8) is 0 Å². The van der Waals surface area contributed by atoms with Gasteiger partial charge in [0.05, 0.1) is 0 Å². The normalized spacial score (nSPS) is 33.5. The quantitative estimate of drug-likeness (QED) is 0.811. The number of hydrogen-bond acceptors (Lipinski definition) is 1. The largest absolute Gasteiger partial charge is 0.313 e. The third kappa shape index (κ3) is 1.80. The van der Waals surface area contributed by atoms with E-state index in [9.17, 15) is 0 Å². The first-order chi connectivity index (χ1) is 8.09. The molecule has 92 valence electrons. The minimum Gasteiger partial charge on any atom is -0.313 e. The van der Waals surface area contributed by atoms with Gasteiger partial charge >= 0.3 is 0 Å². The minimum atomic E-state index is 0.255. The van der Waals surface area contributed by atoms with E-state index in [0.29, 0.717) is 11.4 Å². The molecule has 0 spiro atoms. The Bertz CT molecular complexity index is 427. The van der Waals surface area contributed by atoms with Crippen LogP contribution < -0.4 is 5.32 Å². The molecule has 3 unspecified atom stereocenters. The molecular weight excluding hydrogens is 230 g/mol. The van der Waals surface area contributed by atoms with E-state index in [0.717, 1.165) is 18.9 Å². The van der Waals surface area contributed by atoms with Crippen LogP contribution in [0, 0.1) is 5.41 Å². The molecule has 2 aliphatic rings. The highest BCUT2D eigenvalue weighted by Crippen LogP contribution is 2.45. The summed E-state index contributed by atoms with van der Waals surface area (Å²) in [5.41, 5.74) is 3.33. The summed E-state index contributed by atoms with van der Waals surface area (Å²) >= 11 is 6.24. The van der Waals surface area contributed by atoms with Crippen LogP contribution in [0.3, 0.4) is 0 Å². The van der Waals surface area contributed by atoms with Gasteiger partial charge in [0.1, 0.15) is 0 Å². The zero-order chi connectivity index (χ0) is 12.0. The Morgan fingerprint density at radius 3 is 2.76 bits per heavy atom. The monoisotopic (exact) mass is 249 g/mol. The number of nitrogens with one attached hydrogen (secondary N) is 1. The van der Waals surface area contributed by atoms with Gasteiger partial charge in [-0.3, -0.25) is 0 Å². The number of benzene rings is 1. The van der Waals surface area contributed by atoms with Gasteiger partial charge in [0.2, 0.25) is 0 Å². The Morgan fingerprint density at radius 1 is 1.35 bits per heavy atom. The molecule has 0 radical (unpaired) electrons. The minimum absolute atomic E-state index is 0.255. The van der Waals surface area contributed by atoms with Crippen LogP contribution in [0.5, 0.6) is 0 Å². The van der Waals surface area contributed by atoms with Crippen LogP contribution in [-0.2, 0) is 6.42 Å². The molecule has 1 saturated carbocycles. The lowest BCUT2D eigenvalue weighted by molar-refractivity contribution is 0.115. The highest BCUT2D eigenvalue weighted by atomic mass is 35.5. The van der Waals surface area contributed by atoms with Crippen molar-refractivity contribution < 1.29 is 0 Å². The fourth-order valence-electron chi connectivity index (χ4n) is 3.05. The van der Waals surface area contributed by atoms with Crippen LogP contribution in [0.25, 0.3) is 0 Å². The summed E-state index contributed by atoms with van der Waals surface area (Å²) in [6.07, 6.45) is 2.35. The fourth-order valence-corrected chi connectivity index (χ4v) is 3.38. The number of fused-ring (bicyclic) bond motifs is 1. The zero-order valence-electron chi connectivity index (χ0n) is 10.5. The van der Waals surface area contributed by atoms with Gasteiger partial charge in [-0.05, 0) is 29.4 Å². The van der Waals surface area contributed by atoms with Gasteiger partial charge in [-0.2, -0.15) is 0 Å². The van der Waals surface area contributed by atoms with Crippen molar-refractivity contribution in [1.82, 2.24) is 5.32 Å². The highest BCUT2D eigenvalue weighted by Gasteiger charge is 2.47.